The van der Waals surface area contributed by atoms with Crippen LogP contribution in [0.2, 0.25) is 0 Å². The number of benzene rings is 2. The number of nitrogens with one attached hydrogen (secondary N) is 1. The van der Waals surface area contributed by atoms with Gasteiger partial charge in [0.2, 0.25) is 5.91 Å². The third kappa shape index (κ3) is 4.63. The van der Waals surface area contributed by atoms with Crippen molar-refractivity contribution in [2.24, 2.45) is 0 Å². The Bertz CT molecular complexity index is 1020. The van der Waals surface area contributed by atoms with E-state index in [4.69, 9.17) is 11.8 Å². The van der Waals surface area contributed by atoms with Gasteiger partial charge in [0.15, 0.2) is 0 Å². The number of aromatic nitrogens is 2. The molecular formula is C20H17ClN4O3. The minimum Gasteiger partial charge on any atom is -0.352 e. The molecule has 0 unspecified atom stereocenters. The van der Waals surface area contributed by atoms with E-state index < -0.39 is 0 Å². The van der Waals surface area contributed by atoms with E-state index in [9.17, 15) is 14.4 Å². The first kappa shape index (κ1) is 19.3. The molecule has 0 saturated carbocycles. The predicted octanol–water partition coefficient (Wildman–Crippen LogP) is 2.54. The third-order valence-electron chi connectivity index (χ3n) is 3.96. The second kappa shape index (κ2) is 8.96. The maximum Gasteiger partial charge on any atom is 0.273 e. The van der Waals surface area contributed by atoms with Crippen LogP contribution in [0.4, 0.5) is 5.69 Å². The van der Waals surface area contributed by atoms with Crippen LogP contribution < -0.4 is 15.3 Å². The fourth-order valence-corrected chi connectivity index (χ4v) is 2.72. The van der Waals surface area contributed by atoms with Crippen LogP contribution in [0, 0.1) is 0 Å². The molecule has 0 radical (unpaired) electrons. The Morgan fingerprint density at radius 2 is 1.79 bits per heavy atom. The Kier molecular flexibility index (Phi) is 6.18. The molecule has 0 spiro atoms. The van der Waals surface area contributed by atoms with Gasteiger partial charge in [0.25, 0.3) is 11.5 Å². The van der Waals surface area contributed by atoms with Gasteiger partial charge in [-0.1, -0.05) is 18.2 Å². The summed E-state index contributed by atoms with van der Waals surface area (Å²) in [7, 11) is 0. The number of anilines is 1. The van der Waals surface area contributed by atoms with Crippen LogP contribution in [0.25, 0.3) is 5.69 Å². The highest BCUT2D eigenvalue weighted by molar-refractivity contribution is 6.36. The van der Waals surface area contributed by atoms with E-state index in [1.807, 2.05) is 6.07 Å². The highest BCUT2D eigenvalue weighted by Gasteiger charge is 2.13. The molecule has 3 aromatic rings. The second-order valence-corrected chi connectivity index (χ2v) is 6.19. The van der Waals surface area contributed by atoms with Gasteiger partial charge in [0, 0.05) is 48.4 Å². The van der Waals surface area contributed by atoms with Gasteiger partial charge in [-0.05, 0) is 36.4 Å². The summed E-state index contributed by atoms with van der Waals surface area (Å²) in [6.07, 6.45) is 4.34. The van der Waals surface area contributed by atoms with E-state index >= 15 is 0 Å². The Labute approximate surface area is 166 Å². The molecular weight excluding hydrogens is 380 g/mol. The summed E-state index contributed by atoms with van der Waals surface area (Å²) in [6, 6.07) is 15.4. The van der Waals surface area contributed by atoms with E-state index in [1.54, 1.807) is 54.7 Å². The lowest BCUT2D eigenvalue weighted by molar-refractivity contribution is -0.117. The number of nitrogens with zero attached hydrogens (tertiary/aromatic N) is 3. The van der Waals surface area contributed by atoms with Gasteiger partial charge in [0.05, 0.1) is 11.9 Å². The van der Waals surface area contributed by atoms with Crippen molar-refractivity contribution in [3.63, 3.8) is 0 Å². The monoisotopic (exact) mass is 396 g/mol. The van der Waals surface area contributed by atoms with E-state index in [0.717, 1.165) is 4.42 Å². The van der Waals surface area contributed by atoms with Gasteiger partial charge < -0.3 is 5.32 Å². The predicted molar refractivity (Wildman–Crippen MR) is 107 cm³/mol. The molecule has 0 fully saturated rings. The number of hydrogen-bond donors (Lipinski definition) is 1. The molecule has 3 rings (SSSR count). The van der Waals surface area contributed by atoms with Gasteiger partial charge in [-0.2, -0.15) is 0 Å². The number of hydrogen-bond acceptors (Lipinski definition) is 4. The fourth-order valence-electron chi connectivity index (χ4n) is 2.52. The summed E-state index contributed by atoms with van der Waals surface area (Å²) < 4.78 is 2.46. The van der Waals surface area contributed by atoms with Crippen molar-refractivity contribution in [2.45, 2.75) is 6.42 Å². The standard InChI is InChI=1S/C20H17ClN4O3/c21-25(17-4-2-1-3-5-17)18(26)10-11-23-20(28)15-6-8-16(9-7-15)24-13-12-22-14-19(24)27/h1-9,12-14H,10-11H2,(H,23,28). The smallest absolute Gasteiger partial charge is 0.273 e. The molecule has 1 heterocycles. The van der Waals surface area contributed by atoms with E-state index in [1.165, 1.54) is 17.0 Å². The number of rotatable bonds is 6. The molecule has 1 N–H and O–H groups in total. The molecule has 8 heteroatoms. The summed E-state index contributed by atoms with van der Waals surface area (Å²) >= 11 is 6.02. The molecule has 1 aromatic heterocycles. The zero-order valence-corrected chi connectivity index (χ0v) is 15.5. The van der Waals surface area contributed by atoms with Crippen molar-refractivity contribution >= 4 is 29.3 Å². The molecule has 0 aliphatic heterocycles. The van der Waals surface area contributed by atoms with Crippen LogP contribution in [0.5, 0.6) is 0 Å². The largest absolute Gasteiger partial charge is 0.352 e. The highest BCUT2D eigenvalue weighted by Crippen LogP contribution is 2.16. The lowest BCUT2D eigenvalue weighted by atomic mass is 10.2. The van der Waals surface area contributed by atoms with Gasteiger partial charge in [-0.25, -0.2) is 4.42 Å². The van der Waals surface area contributed by atoms with Crippen LogP contribution in [0.15, 0.2) is 78.0 Å². The molecule has 2 aromatic carbocycles. The Morgan fingerprint density at radius 3 is 2.46 bits per heavy atom. The van der Waals surface area contributed by atoms with Crippen LogP contribution in [0.3, 0.4) is 0 Å². The molecule has 7 nitrogen and oxygen atoms in total. The van der Waals surface area contributed by atoms with E-state index in [0.29, 0.717) is 16.9 Å². The molecule has 0 aliphatic rings. The van der Waals surface area contributed by atoms with Crippen LogP contribution >= 0.6 is 11.8 Å². The topological polar surface area (TPSA) is 84.3 Å². The first-order valence-corrected chi connectivity index (χ1v) is 8.85. The van der Waals surface area contributed by atoms with Gasteiger partial charge in [-0.15, -0.1) is 0 Å². The van der Waals surface area contributed by atoms with Crippen molar-refractivity contribution in [1.82, 2.24) is 14.9 Å². The summed E-state index contributed by atoms with van der Waals surface area (Å²) in [6.45, 7) is 0.152. The Balaban J connectivity index is 1.54. The van der Waals surface area contributed by atoms with Gasteiger partial charge in [0.1, 0.15) is 0 Å². The van der Waals surface area contributed by atoms with Crippen LogP contribution in [0.1, 0.15) is 16.8 Å². The summed E-state index contributed by atoms with van der Waals surface area (Å²) in [5.41, 5.74) is 1.36. The molecule has 2 amide bonds. The third-order valence-corrected chi connectivity index (χ3v) is 4.34. The van der Waals surface area contributed by atoms with Gasteiger partial charge in [-0.3, -0.25) is 23.9 Å². The van der Waals surface area contributed by atoms with Crippen LogP contribution in [-0.2, 0) is 4.79 Å². The molecule has 142 valence electrons. The van der Waals surface area contributed by atoms with Crippen molar-refractivity contribution in [3.05, 3.63) is 89.1 Å². The molecule has 0 atom stereocenters. The fraction of sp³-hybridized carbons (Fsp3) is 0.100. The highest BCUT2D eigenvalue weighted by atomic mass is 35.5. The van der Waals surface area contributed by atoms with Crippen molar-refractivity contribution < 1.29 is 9.59 Å². The molecule has 0 saturated heterocycles. The average Bonchev–Trinajstić information content (AvgIpc) is 2.74. The van der Waals surface area contributed by atoms with Crippen molar-refractivity contribution in [3.8, 4) is 5.69 Å². The quantitative estimate of drug-likeness (QED) is 0.649. The average molecular weight is 397 g/mol. The van der Waals surface area contributed by atoms with Crippen molar-refractivity contribution in [2.75, 3.05) is 11.0 Å². The molecule has 0 bridgehead atoms. The number of carbonyl (C=O) groups excluding carboxylic acids is 2. The first-order chi connectivity index (χ1) is 13.6. The maximum absolute atomic E-state index is 12.2. The first-order valence-electron chi connectivity index (χ1n) is 8.51. The normalized spacial score (nSPS) is 10.3. The minimum absolute atomic E-state index is 0.0641. The SMILES string of the molecule is O=C(NCCC(=O)N(Cl)c1ccccc1)c1ccc(-n2ccncc2=O)cc1. The molecule has 0 aliphatic carbocycles. The lowest BCUT2D eigenvalue weighted by Gasteiger charge is -2.14. The number of halogens is 1. The van der Waals surface area contributed by atoms with E-state index in [2.05, 4.69) is 10.3 Å². The summed E-state index contributed by atoms with van der Waals surface area (Å²) in [4.78, 5) is 39.9. The van der Waals surface area contributed by atoms with Crippen LogP contribution in [-0.4, -0.2) is 27.9 Å². The lowest BCUT2D eigenvalue weighted by Crippen LogP contribution is -2.29. The van der Waals surface area contributed by atoms with E-state index in [-0.39, 0.29) is 30.3 Å². The van der Waals surface area contributed by atoms with Crippen molar-refractivity contribution in [1.29, 1.82) is 0 Å². The number of carbonyl (C=O) groups is 2. The number of para-hydroxylation sites is 1. The summed E-state index contributed by atoms with van der Waals surface area (Å²) in [5.74, 6) is -0.636. The second-order valence-electron chi connectivity index (χ2n) is 5.85. The summed E-state index contributed by atoms with van der Waals surface area (Å²) in [5, 5.41) is 2.68. The maximum atomic E-state index is 12.2. The molecule has 28 heavy (non-hydrogen) atoms. The minimum atomic E-state index is -0.319. The van der Waals surface area contributed by atoms with Gasteiger partial charge >= 0.3 is 0 Å². The zero-order chi connectivity index (χ0) is 19.9. The Morgan fingerprint density at radius 1 is 1.07 bits per heavy atom. The zero-order valence-electron chi connectivity index (χ0n) is 14.8. The number of amides is 2. The Hall–Kier alpha value is -3.45.